The molecular formula is C11H11Cl2NO2. The second-order valence-corrected chi connectivity index (χ2v) is 4.56. The van der Waals surface area contributed by atoms with E-state index >= 15 is 0 Å². The molecule has 1 aromatic rings. The number of anilines is 1. The van der Waals surface area contributed by atoms with Gasteiger partial charge in [-0.15, -0.1) is 0 Å². The van der Waals surface area contributed by atoms with Crippen LogP contribution in [0.25, 0.3) is 0 Å². The van der Waals surface area contributed by atoms with Crippen LogP contribution in [0.3, 0.4) is 0 Å². The summed E-state index contributed by atoms with van der Waals surface area (Å²) in [7, 11) is 1.40. The predicted molar refractivity (Wildman–Crippen MR) is 64.2 cm³/mol. The van der Waals surface area contributed by atoms with Gasteiger partial charge in [-0.3, -0.25) is 4.79 Å². The van der Waals surface area contributed by atoms with E-state index < -0.39 is 0 Å². The predicted octanol–water partition coefficient (Wildman–Crippen LogP) is 2.60. The van der Waals surface area contributed by atoms with Crippen molar-refractivity contribution in [2.45, 2.75) is 0 Å². The standard InChI is InChI=1S/C11H11Cl2NO2/c1-16-11(15)7-5-14(6-7)10-3-2-8(12)4-9(10)13/h2-4,7H,5-6H2,1H3. The van der Waals surface area contributed by atoms with Gasteiger partial charge in [0.05, 0.1) is 23.7 Å². The smallest absolute Gasteiger partial charge is 0.312 e. The third-order valence-electron chi connectivity index (χ3n) is 2.67. The van der Waals surface area contributed by atoms with Crippen molar-refractivity contribution in [3.05, 3.63) is 28.2 Å². The maximum absolute atomic E-state index is 11.2. The zero-order valence-corrected chi connectivity index (χ0v) is 10.3. The molecule has 0 spiro atoms. The highest BCUT2D eigenvalue weighted by Crippen LogP contribution is 2.33. The quantitative estimate of drug-likeness (QED) is 0.765. The van der Waals surface area contributed by atoms with Crippen LogP contribution in [0, 0.1) is 5.92 Å². The van der Waals surface area contributed by atoms with Crippen LogP contribution in [0.4, 0.5) is 5.69 Å². The van der Waals surface area contributed by atoms with E-state index in [2.05, 4.69) is 4.74 Å². The number of ether oxygens (including phenoxy) is 1. The second-order valence-electron chi connectivity index (χ2n) is 3.72. The van der Waals surface area contributed by atoms with Gasteiger partial charge in [0.25, 0.3) is 0 Å². The van der Waals surface area contributed by atoms with E-state index in [9.17, 15) is 4.79 Å². The number of halogens is 2. The maximum Gasteiger partial charge on any atom is 0.312 e. The van der Waals surface area contributed by atoms with Crippen molar-refractivity contribution < 1.29 is 9.53 Å². The summed E-state index contributed by atoms with van der Waals surface area (Å²) in [5.74, 6) is -0.210. The highest BCUT2D eigenvalue weighted by molar-refractivity contribution is 6.36. The minimum Gasteiger partial charge on any atom is -0.469 e. The summed E-state index contributed by atoms with van der Waals surface area (Å²) >= 11 is 11.9. The first-order valence-corrected chi connectivity index (χ1v) is 5.65. The van der Waals surface area contributed by atoms with Crippen molar-refractivity contribution in [1.29, 1.82) is 0 Å². The van der Waals surface area contributed by atoms with E-state index in [-0.39, 0.29) is 11.9 Å². The fourth-order valence-corrected chi connectivity index (χ4v) is 2.26. The lowest BCUT2D eigenvalue weighted by atomic mass is 9.99. The summed E-state index contributed by atoms with van der Waals surface area (Å²) in [4.78, 5) is 13.2. The Balaban J connectivity index is 2.04. The zero-order chi connectivity index (χ0) is 11.7. The molecule has 1 aliphatic heterocycles. The Morgan fingerprint density at radius 3 is 2.69 bits per heavy atom. The molecule has 0 N–H and O–H groups in total. The molecule has 16 heavy (non-hydrogen) atoms. The first kappa shape index (κ1) is 11.6. The van der Waals surface area contributed by atoms with Crippen molar-refractivity contribution in [3.8, 4) is 0 Å². The number of methoxy groups -OCH3 is 1. The highest BCUT2D eigenvalue weighted by Gasteiger charge is 2.34. The van der Waals surface area contributed by atoms with Gasteiger partial charge in [0.2, 0.25) is 0 Å². The lowest BCUT2D eigenvalue weighted by molar-refractivity contribution is -0.146. The van der Waals surface area contributed by atoms with E-state index in [1.807, 2.05) is 11.0 Å². The molecule has 1 aliphatic rings. The molecule has 0 aliphatic carbocycles. The fourth-order valence-electron chi connectivity index (χ4n) is 1.73. The van der Waals surface area contributed by atoms with Crippen molar-refractivity contribution >= 4 is 34.9 Å². The molecule has 0 amide bonds. The molecule has 3 nitrogen and oxygen atoms in total. The molecule has 0 saturated carbocycles. The van der Waals surface area contributed by atoms with E-state index in [0.29, 0.717) is 23.1 Å². The normalized spacial score (nSPS) is 15.8. The average Bonchev–Trinajstić information content (AvgIpc) is 2.18. The van der Waals surface area contributed by atoms with Crippen LogP contribution in [0.2, 0.25) is 10.0 Å². The number of carbonyl (C=O) groups excluding carboxylic acids is 1. The summed E-state index contributed by atoms with van der Waals surface area (Å²) in [6, 6.07) is 5.34. The molecule has 0 radical (unpaired) electrons. The molecule has 2 rings (SSSR count). The summed E-state index contributed by atoms with van der Waals surface area (Å²) in [6.45, 7) is 1.29. The van der Waals surface area contributed by atoms with E-state index in [1.165, 1.54) is 7.11 Å². The molecule has 86 valence electrons. The summed E-state index contributed by atoms with van der Waals surface area (Å²) in [6.07, 6.45) is 0. The van der Waals surface area contributed by atoms with E-state index in [4.69, 9.17) is 23.2 Å². The van der Waals surface area contributed by atoms with Crippen LogP contribution in [0.5, 0.6) is 0 Å². The first-order chi connectivity index (χ1) is 7.61. The lowest BCUT2D eigenvalue weighted by Gasteiger charge is -2.39. The Labute approximate surface area is 104 Å². The van der Waals surface area contributed by atoms with Crippen molar-refractivity contribution in [2.75, 3.05) is 25.1 Å². The molecular weight excluding hydrogens is 249 g/mol. The number of rotatable bonds is 2. The van der Waals surface area contributed by atoms with Gasteiger partial charge >= 0.3 is 5.97 Å². The first-order valence-electron chi connectivity index (χ1n) is 4.89. The number of carbonyl (C=O) groups is 1. The Bertz CT molecular complexity index is 416. The van der Waals surface area contributed by atoms with Crippen LogP contribution >= 0.6 is 23.2 Å². The molecule has 0 bridgehead atoms. The number of benzene rings is 1. The molecule has 1 heterocycles. The molecule has 1 aromatic carbocycles. The molecule has 1 fully saturated rings. The fraction of sp³-hybridized carbons (Fsp3) is 0.364. The third-order valence-corrected chi connectivity index (χ3v) is 3.20. The minimum atomic E-state index is -0.165. The van der Waals surface area contributed by atoms with Crippen LogP contribution in [-0.2, 0) is 9.53 Å². The minimum absolute atomic E-state index is 0.0447. The second kappa shape index (κ2) is 4.52. The monoisotopic (exact) mass is 259 g/mol. The number of hydrogen-bond donors (Lipinski definition) is 0. The average molecular weight is 260 g/mol. The largest absolute Gasteiger partial charge is 0.469 e. The summed E-state index contributed by atoms with van der Waals surface area (Å²) in [5.41, 5.74) is 0.909. The van der Waals surface area contributed by atoms with E-state index in [1.54, 1.807) is 12.1 Å². The van der Waals surface area contributed by atoms with Gasteiger partial charge in [-0.2, -0.15) is 0 Å². The van der Waals surface area contributed by atoms with Crippen LogP contribution in [0.1, 0.15) is 0 Å². The van der Waals surface area contributed by atoms with Crippen LogP contribution < -0.4 is 4.90 Å². The SMILES string of the molecule is COC(=O)C1CN(c2ccc(Cl)cc2Cl)C1. The lowest BCUT2D eigenvalue weighted by Crippen LogP contribution is -2.51. The summed E-state index contributed by atoms with van der Waals surface area (Å²) in [5, 5.41) is 1.22. The third kappa shape index (κ3) is 2.11. The van der Waals surface area contributed by atoms with Crippen LogP contribution in [-0.4, -0.2) is 26.2 Å². The van der Waals surface area contributed by atoms with Gasteiger partial charge in [0, 0.05) is 18.1 Å². The Kier molecular flexibility index (Phi) is 3.26. The number of nitrogens with zero attached hydrogens (tertiary/aromatic N) is 1. The maximum atomic E-state index is 11.2. The van der Waals surface area contributed by atoms with E-state index in [0.717, 1.165) is 5.69 Å². The van der Waals surface area contributed by atoms with Gasteiger partial charge in [-0.25, -0.2) is 0 Å². The van der Waals surface area contributed by atoms with Gasteiger partial charge in [0.1, 0.15) is 0 Å². The number of hydrogen-bond acceptors (Lipinski definition) is 3. The Morgan fingerprint density at radius 1 is 1.44 bits per heavy atom. The topological polar surface area (TPSA) is 29.5 Å². The van der Waals surface area contributed by atoms with Crippen molar-refractivity contribution in [3.63, 3.8) is 0 Å². The Hall–Kier alpha value is -0.930. The zero-order valence-electron chi connectivity index (χ0n) is 8.74. The van der Waals surface area contributed by atoms with Gasteiger partial charge < -0.3 is 9.64 Å². The molecule has 0 unspecified atom stereocenters. The van der Waals surface area contributed by atoms with Crippen molar-refractivity contribution in [1.82, 2.24) is 0 Å². The van der Waals surface area contributed by atoms with Crippen molar-refractivity contribution in [2.24, 2.45) is 5.92 Å². The molecule has 0 atom stereocenters. The van der Waals surface area contributed by atoms with Gasteiger partial charge in [-0.05, 0) is 18.2 Å². The van der Waals surface area contributed by atoms with Gasteiger partial charge in [0.15, 0.2) is 0 Å². The van der Waals surface area contributed by atoms with Gasteiger partial charge in [-0.1, -0.05) is 23.2 Å². The molecule has 5 heteroatoms. The highest BCUT2D eigenvalue weighted by atomic mass is 35.5. The molecule has 0 aromatic heterocycles. The number of esters is 1. The summed E-state index contributed by atoms with van der Waals surface area (Å²) < 4.78 is 4.67. The Morgan fingerprint density at radius 2 is 2.12 bits per heavy atom. The molecule has 1 saturated heterocycles. The van der Waals surface area contributed by atoms with Crippen LogP contribution in [0.15, 0.2) is 18.2 Å².